The number of sulfone groups is 1. The number of aromatic nitrogens is 4. The monoisotopic (exact) mass is 368 g/mol. The van der Waals surface area contributed by atoms with E-state index >= 15 is 0 Å². The summed E-state index contributed by atoms with van der Waals surface area (Å²) in [6.45, 7) is 0. The smallest absolute Gasteiger partial charge is 0.175 e. The fraction of sp³-hybridized carbons (Fsp3) is 0.111. The van der Waals surface area contributed by atoms with Gasteiger partial charge in [0, 0.05) is 24.3 Å². The number of H-pyrrole nitrogens is 1. The van der Waals surface area contributed by atoms with Gasteiger partial charge in [0.25, 0.3) is 0 Å². The lowest BCUT2D eigenvalue weighted by Gasteiger charge is -2.12. The van der Waals surface area contributed by atoms with E-state index in [1.807, 2.05) is 18.2 Å². The van der Waals surface area contributed by atoms with E-state index in [-0.39, 0.29) is 4.90 Å². The van der Waals surface area contributed by atoms with Crippen LogP contribution in [0.2, 0.25) is 0 Å². The SMILES string of the molecule is Cn1cc(Oc2ccc(S(C)(=O)=O)cc2-c2cccc3[nH]ncc23)cn1. The number of hydrogen-bond donors (Lipinski definition) is 1. The van der Waals surface area contributed by atoms with Crippen molar-refractivity contribution in [1.29, 1.82) is 0 Å². The lowest BCUT2D eigenvalue weighted by Crippen LogP contribution is -1.98. The molecule has 0 radical (unpaired) electrons. The van der Waals surface area contributed by atoms with Crippen molar-refractivity contribution in [1.82, 2.24) is 20.0 Å². The number of hydrogen-bond acceptors (Lipinski definition) is 5. The summed E-state index contributed by atoms with van der Waals surface area (Å²) in [4.78, 5) is 0.228. The first-order valence-corrected chi connectivity index (χ1v) is 9.74. The molecule has 0 atom stereocenters. The third kappa shape index (κ3) is 2.95. The lowest BCUT2D eigenvalue weighted by molar-refractivity contribution is 0.483. The molecule has 4 rings (SSSR count). The van der Waals surface area contributed by atoms with Crippen LogP contribution in [0.3, 0.4) is 0 Å². The highest BCUT2D eigenvalue weighted by atomic mass is 32.2. The molecule has 0 fully saturated rings. The van der Waals surface area contributed by atoms with Gasteiger partial charge in [-0.2, -0.15) is 10.2 Å². The van der Waals surface area contributed by atoms with E-state index in [2.05, 4.69) is 15.3 Å². The summed E-state index contributed by atoms with van der Waals surface area (Å²) in [6.07, 6.45) is 6.25. The molecule has 0 unspecified atom stereocenters. The zero-order valence-electron chi connectivity index (χ0n) is 14.2. The molecule has 4 aromatic rings. The number of ether oxygens (including phenoxy) is 1. The summed E-state index contributed by atoms with van der Waals surface area (Å²) in [6, 6.07) is 10.5. The maximum Gasteiger partial charge on any atom is 0.175 e. The predicted molar refractivity (Wildman–Crippen MR) is 97.9 cm³/mol. The summed E-state index contributed by atoms with van der Waals surface area (Å²) < 4.78 is 31.7. The highest BCUT2D eigenvalue weighted by molar-refractivity contribution is 7.90. The van der Waals surface area contributed by atoms with Crippen molar-refractivity contribution >= 4 is 20.7 Å². The van der Waals surface area contributed by atoms with Gasteiger partial charge in [-0.15, -0.1) is 0 Å². The Morgan fingerprint density at radius 2 is 1.96 bits per heavy atom. The summed E-state index contributed by atoms with van der Waals surface area (Å²) in [7, 11) is -1.56. The van der Waals surface area contributed by atoms with Crippen molar-refractivity contribution in [3.8, 4) is 22.6 Å². The third-order valence-electron chi connectivity index (χ3n) is 4.06. The van der Waals surface area contributed by atoms with E-state index in [1.165, 1.54) is 6.26 Å². The molecular formula is C18H16N4O3S. The molecule has 0 aliphatic heterocycles. The number of aryl methyl sites for hydroxylation is 1. The van der Waals surface area contributed by atoms with Gasteiger partial charge in [0.2, 0.25) is 0 Å². The maximum atomic E-state index is 12.0. The van der Waals surface area contributed by atoms with Gasteiger partial charge < -0.3 is 4.74 Å². The van der Waals surface area contributed by atoms with Crippen LogP contribution in [-0.4, -0.2) is 34.7 Å². The second kappa shape index (κ2) is 5.99. The van der Waals surface area contributed by atoms with Crippen LogP contribution in [0.5, 0.6) is 11.5 Å². The minimum absolute atomic E-state index is 0.228. The van der Waals surface area contributed by atoms with Crippen molar-refractivity contribution in [3.63, 3.8) is 0 Å². The van der Waals surface area contributed by atoms with Gasteiger partial charge in [0.1, 0.15) is 5.75 Å². The molecule has 0 amide bonds. The van der Waals surface area contributed by atoms with Crippen LogP contribution in [0.25, 0.3) is 22.0 Å². The van der Waals surface area contributed by atoms with Crippen molar-refractivity contribution in [2.45, 2.75) is 4.90 Å². The quantitative estimate of drug-likeness (QED) is 0.598. The van der Waals surface area contributed by atoms with E-state index in [0.717, 1.165) is 16.5 Å². The van der Waals surface area contributed by atoms with Crippen LogP contribution in [-0.2, 0) is 16.9 Å². The van der Waals surface area contributed by atoms with Crippen LogP contribution >= 0.6 is 0 Å². The topological polar surface area (TPSA) is 89.9 Å². The molecule has 0 spiro atoms. The molecule has 0 aliphatic carbocycles. The van der Waals surface area contributed by atoms with E-state index in [1.54, 1.807) is 48.5 Å². The third-order valence-corrected chi connectivity index (χ3v) is 5.17. The Morgan fingerprint density at radius 1 is 1.12 bits per heavy atom. The fourth-order valence-electron chi connectivity index (χ4n) is 2.82. The van der Waals surface area contributed by atoms with Gasteiger partial charge in [-0.05, 0) is 29.8 Å². The zero-order valence-corrected chi connectivity index (χ0v) is 15.0. The van der Waals surface area contributed by atoms with Crippen LogP contribution in [0.4, 0.5) is 0 Å². The van der Waals surface area contributed by atoms with Crippen molar-refractivity contribution in [2.24, 2.45) is 7.05 Å². The molecule has 1 N–H and O–H groups in total. The minimum atomic E-state index is -3.35. The molecule has 0 bridgehead atoms. The molecule has 132 valence electrons. The average molecular weight is 368 g/mol. The van der Waals surface area contributed by atoms with E-state index < -0.39 is 9.84 Å². The Hall–Kier alpha value is -3.13. The molecule has 0 saturated heterocycles. The Balaban J connectivity index is 1.93. The van der Waals surface area contributed by atoms with Gasteiger partial charge in [-0.1, -0.05) is 12.1 Å². The van der Waals surface area contributed by atoms with Crippen molar-refractivity contribution < 1.29 is 13.2 Å². The number of nitrogens with one attached hydrogen (secondary N) is 1. The maximum absolute atomic E-state index is 12.0. The van der Waals surface area contributed by atoms with Gasteiger partial charge in [-0.25, -0.2) is 8.42 Å². The summed E-state index contributed by atoms with van der Waals surface area (Å²) in [5, 5.41) is 12.0. The molecule has 0 aliphatic rings. The Morgan fingerprint density at radius 3 is 2.69 bits per heavy atom. The van der Waals surface area contributed by atoms with E-state index in [0.29, 0.717) is 17.1 Å². The standard InChI is InChI=1S/C18H16N4O3S/c1-22-11-12(9-20-22)25-18-7-6-13(26(2,23)24)8-15(18)14-4-3-5-17-16(14)10-19-21-17/h3-11H,1-2H3,(H,19,21). The molecule has 8 heteroatoms. The summed E-state index contributed by atoms with van der Waals surface area (Å²) in [5.74, 6) is 1.11. The summed E-state index contributed by atoms with van der Waals surface area (Å²) in [5.41, 5.74) is 2.36. The second-order valence-electron chi connectivity index (χ2n) is 6.02. The normalized spacial score (nSPS) is 11.8. The van der Waals surface area contributed by atoms with Crippen LogP contribution in [0, 0.1) is 0 Å². The number of benzene rings is 2. The molecular weight excluding hydrogens is 352 g/mol. The fourth-order valence-corrected chi connectivity index (χ4v) is 3.47. The predicted octanol–water partition coefficient (Wildman–Crippen LogP) is 3.16. The first kappa shape index (κ1) is 16.3. The largest absolute Gasteiger partial charge is 0.453 e. The van der Waals surface area contributed by atoms with Crippen LogP contribution < -0.4 is 4.74 Å². The molecule has 0 saturated carbocycles. The molecule has 2 aromatic heterocycles. The Bertz CT molecular complexity index is 1210. The Kier molecular flexibility index (Phi) is 3.77. The summed E-state index contributed by atoms with van der Waals surface area (Å²) >= 11 is 0. The highest BCUT2D eigenvalue weighted by Crippen LogP contribution is 2.38. The van der Waals surface area contributed by atoms with Gasteiger partial charge in [-0.3, -0.25) is 9.78 Å². The average Bonchev–Trinajstić information content (AvgIpc) is 3.22. The van der Waals surface area contributed by atoms with E-state index in [9.17, 15) is 8.42 Å². The van der Waals surface area contributed by atoms with Gasteiger partial charge >= 0.3 is 0 Å². The molecule has 2 heterocycles. The first-order chi connectivity index (χ1) is 12.4. The first-order valence-electron chi connectivity index (χ1n) is 7.85. The number of rotatable bonds is 4. The van der Waals surface area contributed by atoms with Crippen LogP contribution in [0.1, 0.15) is 0 Å². The number of fused-ring (bicyclic) bond motifs is 1. The number of aromatic amines is 1. The minimum Gasteiger partial charge on any atom is -0.453 e. The van der Waals surface area contributed by atoms with Crippen molar-refractivity contribution in [3.05, 3.63) is 55.0 Å². The van der Waals surface area contributed by atoms with Crippen molar-refractivity contribution in [2.75, 3.05) is 6.26 Å². The van der Waals surface area contributed by atoms with Gasteiger partial charge in [0.15, 0.2) is 15.6 Å². The van der Waals surface area contributed by atoms with Gasteiger partial charge in [0.05, 0.1) is 29.0 Å². The highest BCUT2D eigenvalue weighted by Gasteiger charge is 2.16. The second-order valence-corrected chi connectivity index (χ2v) is 8.03. The Labute approximate surface area is 150 Å². The number of nitrogens with zero attached hydrogens (tertiary/aromatic N) is 3. The molecule has 7 nitrogen and oxygen atoms in total. The molecule has 26 heavy (non-hydrogen) atoms. The van der Waals surface area contributed by atoms with E-state index in [4.69, 9.17) is 4.74 Å². The van der Waals surface area contributed by atoms with Crippen LogP contribution in [0.15, 0.2) is 59.9 Å². The lowest BCUT2D eigenvalue weighted by atomic mass is 10.0. The zero-order chi connectivity index (χ0) is 18.3. The molecule has 2 aromatic carbocycles.